The molecule has 144 valence electrons. The Kier molecular flexibility index (Phi) is 6.45. The molecule has 1 fully saturated rings. The second kappa shape index (κ2) is 7.45. The summed E-state index contributed by atoms with van der Waals surface area (Å²) in [6.45, 7) is 13.6. The lowest BCUT2D eigenvalue weighted by atomic mass is 9.76. The molecule has 0 aromatic heterocycles. The number of likely N-dealkylation sites (tertiary alicyclic amines) is 1. The first-order valence-electron chi connectivity index (χ1n) is 8.52. The van der Waals surface area contributed by atoms with Crippen molar-refractivity contribution in [2.24, 2.45) is 11.8 Å². The lowest BCUT2D eigenvalue weighted by Gasteiger charge is -2.52. The fraction of sp³-hybridized carbons (Fsp3) is 0.824. The minimum atomic E-state index is -2.11. The van der Waals surface area contributed by atoms with E-state index in [-0.39, 0.29) is 17.5 Å². The smallest absolute Gasteiger partial charge is 0.325 e. The summed E-state index contributed by atoms with van der Waals surface area (Å²) in [6, 6.07) is -0.580. The summed E-state index contributed by atoms with van der Waals surface area (Å²) in [5.74, 6) is -3.18. The van der Waals surface area contributed by atoms with Crippen molar-refractivity contribution in [2.45, 2.75) is 64.9 Å². The SMILES string of the molecule is COC(=O)CN1C(=O)[C@H]([C@@H](C)O[Si](C)(C)C(C)(C)C)[C@H]1[C@H](C)C(=O)O. The van der Waals surface area contributed by atoms with Crippen molar-refractivity contribution < 1.29 is 28.7 Å². The standard InChI is InChI=1S/C17H31NO6Si/c1-10(16(21)22)14-13(15(20)18(14)9-12(19)23-6)11(2)24-25(7,8)17(3,4)5/h10-11,13-14H,9H2,1-8H3,(H,21,22)/t10-,11+,13+,14+/m0/s1. The molecule has 7 nitrogen and oxygen atoms in total. The van der Waals surface area contributed by atoms with E-state index in [1.165, 1.54) is 12.0 Å². The number of ether oxygens (including phenoxy) is 1. The summed E-state index contributed by atoms with van der Waals surface area (Å²) in [5.41, 5.74) is 0. The number of amides is 1. The van der Waals surface area contributed by atoms with Gasteiger partial charge in [0.05, 0.1) is 31.1 Å². The third-order valence-corrected chi connectivity index (χ3v) is 10.1. The van der Waals surface area contributed by atoms with Crippen molar-refractivity contribution in [1.82, 2.24) is 4.90 Å². The lowest BCUT2D eigenvalue weighted by molar-refractivity contribution is -0.177. The zero-order valence-corrected chi connectivity index (χ0v) is 17.5. The molecule has 0 aliphatic carbocycles. The zero-order valence-electron chi connectivity index (χ0n) is 16.5. The van der Waals surface area contributed by atoms with Gasteiger partial charge in [-0.15, -0.1) is 0 Å². The number of aliphatic carboxylic acids is 1. The molecular weight excluding hydrogens is 342 g/mol. The van der Waals surface area contributed by atoms with Crippen LogP contribution in [0.15, 0.2) is 0 Å². The van der Waals surface area contributed by atoms with E-state index in [1.54, 1.807) is 6.92 Å². The number of rotatable bonds is 7. The monoisotopic (exact) mass is 373 g/mol. The topological polar surface area (TPSA) is 93.1 Å². The molecule has 1 saturated heterocycles. The first-order chi connectivity index (χ1) is 11.2. The minimum Gasteiger partial charge on any atom is -0.481 e. The normalized spacial score (nSPS) is 23.7. The van der Waals surface area contributed by atoms with Crippen LogP contribution in [0.2, 0.25) is 18.1 Å². The highest BCUT2D eigenvalue weighted by Crippen LogP contribution is 2.41. The van der Waals surface area contributed by atoms with Gasteiger partial charge >= 0.3 is 11.9 Å². The van der Waals surface area contributed by atoms with Gasteiger partial charge in [-0.2, -0.15) is 0 Å². The first kappa shape index (κ1) is 21.6. The molecule has 1 rings (SSSR count). The second-order valence-electron chi connectivity index (χ2n) is 8.27. The highest BCUT2D eigenvalue weighted by Gasteiger charge is 2.56. The molecule has 25 heavy (non-hydrogen) atoms. The molecule has 1 N–H and O–H groups in total. The minimum absolute atomic E-state index is 0.0202. The fourth-order valence-electron chi connectivity index (χ4n) is 2.90. The third kappa shape index (κ3) is 4.41. The first-order valence-corrected chi connectivity index (χ1v) is 11.4. The molecule has 0 aromatic carbocycles. The van der Waals surface area contributed by atoms with Crippen molar-refractivity contribution in [3.63, 3.8) is 0 Å². The van der Waals surface area contributed by atoms with Crippen LogP contribution < -0.4 is 0 Å². The summed E-state index contributed by atoms with van der Waals surface area (Å²) in [5, 5.41) is 9.37. The van der Waals surface area contributed by atoms with E-state index in [2.05, 4.69) is 38.6 Å². The summed E-state index contributed by atoms with van der Waals surface area (Å²) < 4.78 is 10.9. The molecule has 0 radical (unpaired) electrons. The zero-order chi connectivity index (χ0) is 19.7. The van der Waals surface area contributed by atoms with Crippen LogP contribution >= 0.6 is 0 Å². The van der Waals surface area contributed by atoms with Gasteiger partial charge in [0.15, 0.2) is 8.32 Å². The van der Waals surface area contributed by atoms with Crippen LogP contribution in [-0.4, -0.2) is 62.0 Å². The molecule has 1 amide bonds. The van der Waals surface area contributed by atoms with E-state index in [0.29, 0.717) is 0 Å². The Morgan fingerprint density at radius 1 is 1.28 bits per heavy atom. The second-order valence-corrected chi connectivity index (χ2v) is 13.0. The number of esters is 1. The van der Waals surface area contributed by atoms with Crippen LogP contribution in [0.25, 0.3) is 0 Å². The Labute approximate surface area is 150 Å². The number of β-lactam (4-membered cyclic amide) rings is 1. The predicted molar refractivity (Wildman–Crippen MR) is 95.6 cm³/mol. The van der Waals surface area contributed by atoms with E-state index in [4.69, 9.17) is 4.43 Å². The quantitative estimate of drug-likeness (QED) is 0.417. The number of nitrogens with zero attached hydrogens (tertiary/aromatic N) is 1. The van der Waals surface area contributed by atoms with Crippen LogP contribution in [0, 0.1) is 11.8 Å². The van der Waals surface area contributed by atoms with Gasteiger partial charge in [0.1, 0.15) is 6.54 Å². The van der Waals surface area contributed by atoms with Crippen molar-refractivity contribution in [1.29, 1.82) is 0 Å². The summed E-state index contributed by atoms with van der Waals surface area (Å²) in [7, 11) is -0.866. The van der Waals surface area contributed by atoms with Gasteiger partial charge in [0, 0.05) is 0 Å². The van der Waals surface area contributed by atoms with E-state index in [9.17, 15) is 19.5 Å². The molecule has 1 aliphatic rings. The number of carboxylic acids is 1. The van der Waals surface area contributed by atoms with Crippen LogP contribution in [0.3, 0.4) is 0 Å². The number of carbonyl (C=O) groups is 3. The van der Waals surface area contributed by atoms with E-state index >= 15 is 0 Å². The summed E-state index contributed by atoms with van der Waals surface area (Å²) in [6.07, 6.45) is -0.408. The molecule has 0 unspecified atom stereocenters. The summed E-state index contributed by atoms with van der Waals surface area (Å²) in [4.78, 5) is 36.9. The van der Waals surface area contributed by atoms with E-state index in [1.807, 2.05) is 6.92 Å². The highest BCUT2D eigenvalue weighted by molar-refractivity contribution is 6.74. The van der Waals surface area contributed by atoms with Gasteiger partial charge in [0.2, 0.25) is 5.91 Å². The van der Waals surface area contributed by atoms with Gasteiger partial charge in [-0.3, -0.25) is 14.4 Å². The van der Waals surface area contributed by atoms with Crippen LogP contribution in [0.4, 0.5) is 0 Å². The highest BCUT2D eigenvalue weighted by atomic mass is 28.4. The lowest BCUT2D eigenvalue weighted by Crippen LogP contribution is -2.69. The van der Waals surface area contributed by atoms with Crippen molar-refractivity contribution in [3.8, 4) is 0 Å². The maximum atomic E-state index is 12.6. The van der Waals surface area contributed by atoms with Gasteiger partial charge in [-0.25, -0.2) is 0 Å². The average Bonchev–Trinajstić information content (AvgIpc) is 2.46. The van der Waals surface area contributed by atoms with Crippen LogP contribution in [0.5, 0.6) is 0 Å². The van der Waals surface area contributed by atoms with Crippen molar-refractivity contribution in [3.05, 3.63) is 0 Å². The largest absolute Gasteiger partial charge is 0.481 e. The Hall–Kier alpha value is -1.41. The van der Waals surface area contributed by atoms with Crippen molar-refractivity contribution >= 4 is 26.2 Å². The Bertz CT molecular complexity index is 542. The van der Waals surface area contributed by atoms with Gasteiger partial charge in [0.25, 0.3) is 0 Å². The van der Waals surface area contributed by atoms with Gasteiger partial charge in [-0.05, 0) is 32.0 Å². The van der Waals surface area contributed by atoms with Gasteiger partial charge in [-0.1, -0.05) is 20.8 Å². The number of carboxylic acid groups (broad SMARTS) is 1. The van der Waals surface area contributed by atoms with Gasteiger partial charge < -0.3 is 19.2 Å². The van der Waals surface area contributed by atoms with Crippen LogP contribution in [0.1, 0.15) is 34.6 Å². The Morgan fingerprint density at radius 3 is 2.20 bits per heavy atom. The molecular formula is C17H31NO6Si. The Morgan fingerprint density at radius 2 is 1.80 bits per heavy atom. The number of carbonyl (C=O) groups excluding carboxylic acids is 2. The van der Waals surface area contributed by atoms with E-state index in [0.717, 1.165) is 0 Å². The summed E-state index contributed by atoms with van der Waals surface area (Å²) >= 11 is 0. The molecule has 0 saturated carbocycles. The molecule has 0 bridgehead atoms. The molecule has 0 spiro atoms. The molecule has 4 atom stereocenters. The number of hydrogen-bond acceptors (Lipinski definition) is 5. The van der Waals surface area contributed by atoms with E-state index < -0.39 is 44.2 Å². The third-order valence-electron chi connectivity index (χ3n) is 5.52. The average molecular weight is 374 g/mol. The van der Waals surface area contributed by atoms with Crippen LogP contribution in [-0.2, 0) is 23.5 Å². The molecule has 8 heteroatoms. The fourth-order valence-corrected chi connectivity index (χ4v) is 4.33. The number of methoxy groups -OCH3 is 1. The predicted octanol–water partition coefficient (Wildman–Crippen LogP) is 2.12. The van der Waals surface area contributed by atoms with Crippen molar-refractivity contribution in [2.75, 3.05) is 13.7 Å². The molecule has 1 heterocycles. The maximum absolute atomic E-state index is 12.6. The maximum Gasteiger partial charge on any atom is 0.325 e. The Balaban J connectivity index is 3.02. The molecule has 0 aromatic rings. The number of hydrogen-bond donors (Lipinski definition) is 1. The molecule has 1 aliphatic heterocycles.